The molecule has 74 heavy (non-hydrogen) atoms. The summed E-state index contributed by atoms with van der Waals surface area (Å²) in [4.78, 5) is 24.6. The molecule has 1 unspecified atom stereocenters. The molecular weight excluding hydrogens is 909 g/mol. The molecular formula is C69H136O5. The molecule has 5 heteroatoms. The number of carbonyl (C=O) groups excluding carboxylic acids is 2. The smallest absolute Gasteiger partial charge is 0.306 e. The molecule has 0 heterocycles. The lowest BCUT2D eigenvalue weighted by Crippen LogP contribution is -2.28. The zero-order valence-electron chi connectivity index (χ0n) is 50.9. The van der Waals surface area contributed by atoms with E-state index in [0.717, 1.165) is 32.1 Å². The van der Waals surface area contributed by atoms with Crippen LogP contribution in [0.1, 0.15) is 412 Å². The first kappa shape index (κ1) is 72.9. The topological polar surface area (TPSA) is 72.8 Å². The Morgan fingerprint density at radius 1 is 0.257 bits per heavy atom. The molecule has 0 aromatic heterocycles. The molecule has 442 valence electrons. The molecule has 0 aromatic carbocycles. The van der Waals surface area contributed by atoms with Crippen molar-refractivity contribution in [2.45, 2.75) is 418 Å². The maximum absolute atomic E-state index is 12.4. The van der Waals surface area contributed by atoms with E-state index in [1.54, 1.807) is 0 Å². The van der Waals surface area contributed by atoms with Gasteiger partial charge in [-0.05, 0) is 12.8 Å². The predicted molar refractivity (Wildman–Crippen MR) is 326 cm³/mol. The third-order valence-electron chi connectivity index (χ3n) is 16.4. The number of esters is 2. The minimum absolute atomic E-state index is 0.0553. The fraction of sp³-hybridized carbons (Fsp3) is 0.971. The monoisotopic (exact) mass is 1050 g/mol. The van der Waals surface area contributed by atoms with Crippen LogP contribution in [0.3, 0.4) is 0 Å². The Morgan fingerprint density at radius 2 is 0.419 bits per heavy atom. The van der Waals surface area contributed by atoms with Crippen molar-refractivity contribution in [3.63, 3.8) is 0 Å². The van der Waals surface area contributed by atoms with Gasteiger partial charge in [0.2, 0.25) is 0 Å². The Morgan fingerprint density at radius 3 is 0.595 bits per heavy atom. The highest BCUT2D eigenvalue weighted by Gasteiger charge is 2.16. The number of carbonyl (C=O) groups is 2. The SMILES string of the molecule is CCCCCCCCCCCCCCCCCCCCCCCCCCCCCCCCCCCCC(=O)OC(CO)COC(=O)CCCCCCCCCCCCCCCCCCCCCCCCCCCC. The predicted octanol–water partition coefficient (Wildman–Crippen LogP) is 23.7. The van der Waals surface area contributed by atoms with Gasteiger partial charge in [0.15, 0.2) is 6.10 Å². The summed E-state index contributed by atoms with van der Waals surface area (Å²) in [6, 6.07) is 0. The molecule has 0 aliphatic carbocycles. The van der Waals surface area contributed by atoms with Crippen LogP contribution < -0.4 is 0 Å². The van der Waals surface area contributed by atoms with Gasteiger partial charge in [-0.15, -0.1) is 0 Å². The van der Waals surface area contributed by atoms with Crippen LogP contribution >= 0.6 is 0 Å². The molecule has 0 amide bonds. The number of unbranched alkanes of at least 4 members (excludes halogenated alkanes) is 58. The fourth-order valence-electron chi connectivity index (χ4n) is 11.2. The quantitative estimate of drug-likeness (QED) is 0.0485. The van der Waals surface area contributed by atoms with Gasteiger partial charge in [0, 0.05) is 12.8 Å². The van der Waals surface area contributed by atoms with Gasteiger partial charge < -0.3 is 14.6 Å². The van der Waals surface area contributed by atoms with Gasteiger partial charge >= 0.3 is 11.9 Å². The minimum atomic E-state index is -0.765. The van der Waals surface area contributed by atoms with E-state index in [9.17, 15) is 14.7 Å². The summed E-state index contributed by atoms with van der Waals surface area (Å²) < 4.78 is 10.8. The van der Waals surface area contributed by atoms with E-state index in [4.69, 9.17) is 9.47 Å². The molecule has 0 rings (SSSR count). The minimum Gasteiger partial charge on any atom is -0.462 e. The summed E-state index contributed by atoms with van der Waals surface area (Å²) in [5.41, 5.74) is 0. The van der Waals surface area contributed by atoms with E-state index in [2.05, 4.69) is 13.8 Å². The summed E-state index contributed by atoms with van der Waals surface area (Å²) in [6.07, 6.45) is 82.9. The Bertz CT molecular complexity index is 1050. The highest BCUT2D eigenvalue weighted by atomic mass is 16.6. The van der Waals surface area contributed by atoms with E-state index in [1.807, 2.05) is 0 Å². The van der Waals surface area contributed by atoms with Crippen LogP contribution in [0.5, 0.6) is 0 Å². The second-order valence-electron chi connectivity index (χ2n) is 24.0. The van der Waals surface area contributed by atoms with E-state index in [1.165, 1.54) is 353 Å². The first-order valence-electron chi connectivity index (χ1n) is 34.6. The Labute approximate surface area is 465 Å². The molecule has 0 bridgehead atoms. The summed E-state index contributed by atoms with van der Waals surface area (Å²) in [5.74, 6) is -0.559. The Hall–Kier alpha value is -1.10. The fourth-order valence-corrected chi connectivity index (χ4v) is 11.2. The number of rotatable bonds is 66. The molecule has 0 fully saturated rings. The van der Waals surface area contributed by atoms with Crippen molar-refractivity contribution in [2.24, 2.45) is 0 Å². The van der Waals surface area contributed by atoms with Crippen LogP contribution in [-0.4, -0.2) is 36.4 Å². The standard InChI is InChI=1S/C69H136O5/c1-3-5-7-9-11-13-15-17-19-21-23-25-27-29-31-32-33-34-35-36-37-38-40-42-44-46-48-50-52-54-56-58-60-62-64-69(72)74-67(65-70)66-73-68(71)63-61-59-57-55-53-51-49-47-45-43-41-39-30-28-26-24-22-20-18-16-14-12-10-8-6-4-2/h67,70H,3-66H2,1-2H3. The number of aliphatic hydroxyl groups is 1. The van der Waals surface area contributed by atoms with Gasteiger partial charge in [-0.25, -0.2) is 0 Å². The highest BCUT2D eigenvalue weighted by Crippen LogP contribution is 2.20. The number of hydrogen-bond acceptors (Lipinski definition) is 5. The van der Waals surface area contributed by atoms with E-state index in [-0.39, 0.29) is 25.2 Å². The molecule has 0 aromatic rings. The van der Waals surface area contributed by atoms with Gasteiger partial charge in [0.1, 0.15) is 6.61 Å². The van der Waals surface area contributed by atoms with Crippen LogP contribution in [0.15, 0.2) is 0 Å². The largest absolute Gasteiger partial charge is 0.462 e. The van der Waals surface area contributed by atoms with Crippen LogP contribution in [-0.2, 0) is 19.1 Å². The molecule has 0 aliphatic rings. The lowest BCUT2D eigenvalue weighted by molar-refractivity contribution is -0.161. The van der Waals surface area contributed by atoms with E-state index >= 15 is 0 Å². The number of hydrogen-bond donors (Lipinski definition) is 1. The van der Waals surface area contributed by atoms with Gasteiger partial charge in [-0.2, -0.15) is 0 Å². The van der Waals surface area contributed by atoms with Gasteiger partial charge in [-0.3, -0.25) is 9.59 Å². The Kier molecular flexibility index (Phi) is 65.2. The van der Waals surface area contributed by atoms with Crippen molar-refractivity contribution in [3.05, 3.63) is 0 Å². The van der Waals surface area contributed by atoms with Crippen LogP contribution in [0.4, 0.5) is 0 Å². The van der Waals surface area contributed by atoms with Crippen molar-refractivity contribution in [1.82, 2.24) is 0 Å². The average molecular weight is 1050 g/mol. The van der Waals surface area contributed by atoms with Crippen LogP contribution in [0, 0.1) is 0 Å². The van der Waals surface area contributed by atoms with Gasteiger partial charge in [0.05, 0.1) is 6.61 Å². The molecule has 0 saturated heterocycles. The lowest BCUT2D eigenvalue weighted by Gasteiger charge is -2.15. The first-order valence-corrected chi connectivity index (χ1v) is 34.6. The molecule has 0 saturated carbocycles. The second kappa shape index (κ2) is 66.2. The maximum Gasteiger partial charge on any atom is 0.306 e. The van der Waals surface area contributed by atoms with Gasteiger partial charge in [-0.1, -0.05) is 386 Å². The maximum atomic E-state index is 12.4. The normalized spacial score (nSPS) is 12.0. The van der Waals surface area contributed by atoms with Crippen molar-refractivity contribution >= 4 is 11.9 Å². The van der Waals surface area contributed by atoms with Crippen LogP contribution in [0.2, 0.25) is 0 Å². The summed E-state index contributed by atoms with van der Waals surface area (Å²) in [5, 5.41) is 9.69. The second-order valence-corrected chi connectivity index (χ2v) is 24.0. The summed E-state index contributed by atoms with van der Waals surface area (Å²) >= 11 is 0. The van der Waals surface area contributed by atoms with E-state index < -0.39 is 6.10 Å². The van der Waals surface area contributed by atoms with Crippen LogP contribution in [0.25, 0.3) is 0 Å². The van der Waals surface area contributed by atoms with E-state index in [0.29, 0.717) is 12.8 Å². The molecule has 1 atom stereocenters. The molecule has 0 radical (unpaired) electrons. The molecule has 0 aliphatic heterocycles. The zero-order valence-corrected chi connectivity index (χ0v) is 50.9. The molecule has 5 nitrogen and oxygen atoms in total. The summed E-state index contributed by atoms with van der Waals surface area (Å²) in [7, 11) is 0. The zero-order chi connectivity index (χ0) is 53.4. The highest BCUT2D eigenvalue weighted by molar-refractivity contribution is 5.70. The first-order chi connectivity index (χ1) is 36.6. The van der Waals surface area contributed by atoms with Gasteiger partial charge in [0.25, 0.3) is 0 Å². The number of ether oxygens (including phenoxy) is 2. The third kappa shape index (κ3) is 63.4. The summed E-state index contributed by atoms with van der Waals surface area (Å²) in [6.45, 7) is 4.23. The number of aliphatic hydroxyl groups excluding tert-OH is 1. The Balaban J connectivity index is 3.35. The molecule has 1 N–H and O–H groups in total. The van der Waals surface area contributed by atoms with Crippen molar-refractivity contribution in [2.75, 3.05) is 13.2 Å². The lowest BCUT2D eigenvalue weighted by atomic mass is 10.0. The van der Waals surface area contributed by atoms with Crippen molar-refractivity contribution < 1.29 is 24.2 Å². The average Bonchev–Trinajstić information content (AvgIpc) is 3.40. The third-order valence-corrected chi connectivity index (χ3v) is 16.4. The molecule has 0 spiro atoms. The van der Waals surface area contributed by atoms with Crippen molar-refractivity contribution in [1.29, 1.82) is 0 Å². The van der Waals surface area contributed by atoms with Crippen molar-refractivity contribution in [3.8, 4) is 0 Å².